The van der Waals surface area contributed by atoms with Crippen molar-refractivity contribution >= 4 is 17.7 Å². The molecule has 92 valence electrons. The lowest BCUT2D eigenvalue weighted by atomic mass is 10.3. The minimum atomic E-state index is -0.990. The van der Waals surface area contributed by atoms with Gasteiger partial charge >= 0.3 is 5.97 Å². The summed E-state index contributed by atoms with van der Waals surface area (Å²) in [6.45, 7) is 2.00. The van der Waals surface area contributed by atoms with Crippen LogP contribution >= 0.6 is 11.8 Å². The Balaban J connectivity index is 2.31. The number of aromatic carboxylic acids is 1. The fourth-order valence-corrected chi connectivity index (χ4v) is 2.23. The fraction of sp³-hybridized carbons (Fsp3) is 0.167. The predicted molar refractivity (Wildman–Crippen MR) is 66.7 cm³/mol. The fourth-order valence-electron chi connectivity index (χ4n) is 1.36. The maximum absolute atomic E-state index is 11.0. The number of nitrogens with zero attached hydrogens (tertiary/aromatic N) is 3. The average molecular weight is 261 g/mol. The smallest absolute Gasteiger partial charge is 0.338 e. The van der Waals surface area contributed by atoms with Crippen molar-refractivity contribution in [2.45, 2.75) is 23.4 Å². The molecular weight excluding hydrogens is 250 g/mol. The highest BCUT2D eigenvalue weighted by Gasteiger charge is 2.12. The lowest BCUT2D eigenvalue weighted by molar-refractivity contribution is 0.0692. The molecule has 0 aliphatic heterocycles. The highest BCUT2D eigenvalue weighted by Crippen LogP contribution is 2.27. The predicted octanol–water partition coefficient (Wildman–Crippen LogP) is 2.28. The van der Waals surface area contributed by atoms with E-state index in [-0.39, 0.29) is 5.56 Å². The maximum Gasteiger partial charge on any atom is 0.338 e. The van der Waals surface area contributed by atoms with Gasteiger partial charge in [-0.2, -0.15) is 0 Å². The van der Waals surface area contributed by atoms with Crippen molar-refractivity contribution in [3.05, 3.63) is 42.0 Å². The molecule has 2 rings (SSSR count). The van der Waals surface area contributed by atoms with E-state index in [2.05, 4.69) is 15.0 Å². The molecule has 0 amide bonds. The highest BCUT2D eigenvalue weighted by molar-refractivity contribution is 7.99. The van der Waals surface area contributed by atoms with E-state index < -0.39 is 5.97 Å². The number of pyridine rings is 1. The van der Waals surface area contributed by atoms with Crippen LogP contribution in [0.2, 0.25) is 0 Å². The molecule has 6 heteroatoms. The van der Waals surface area contributed by atoms with Crippen molar-refractivity contribution in [2.75, 3.05) is 0 Å². The molecule has 1 N–H and O–H groups in total. The van der Waals surface area contributed by atoms with Gasteiger partial charge in [-0.05, 0) is 36.4 Å². The summed E-state index contributed by atoms with van der Waals surface area (Å²) in [5.74, 6) is -0.990. The topological polar surface area (TPSA) is 76.0 Å². The van der Waals surface area contributed by atoms with E-state index in [1.165, 1.54) is 24.2 Å². The number of aryl methyl sites for hydroxylation is 1. The van der Waals surface area contributed by atoms with Gasteiger partial charge in [-0.25, -0.2) is 19.7 Å². The van der Waals surface area contributed by atoms with Crippen molar-refractivity contribution in [1.82, 2.24) is 15.0 Å². The monoisotopic (exact) mass is 261 g/mol. The summed E-state index contributed by atoms with van der Waals surface area (Å²) in [7, 11) is 0. The first-order chi connectivity index (χ1) is 8.70. The number of carboxylic acids is 1. The number of carboxylic acid groups (broad SMARTS) is 1. The number of aromatic nitrogens is 3. The Morgan fingerprint density at radius 2 is 2.22 bits per heavy atom. The number of hydrogen-bond acceptors (Lipinski definition) is 5. The van der Waals surface area contributed by atoms with Crippen molar-refractivity contribution < 1.29 is 9.90 Å². The number of hydrogen-bond donors (Lipinski definition) is 1. The average Bonchev–Trinajstić information content (AvgIpc) is 2.39. The Labute approximate surface area is 108 Å². The Bertz CT molecular complexity index is 575. The zero-order valence-corrected chi connectivity index (χ0v) is 10.5. The normalized spacial score (nSPS) is 10.3. The third kappa shape index (κ3) is 2.84. The molecule has 0 unspecified atom stereocenters. The van der Waals surface area contributed by atoms with E-state index in [9.17, 15) is 4.79 Å². The van der Waals surface area contributed by atoms with Gasteiger partial charge in [0, 0.05) is 11.9 Å². The van der Waals surface area contributed by atoms with Crippen LogP contribution in [0.15, 0.2) is 40.8 Å². The van der Waals surface area contributed by atoms with Crippen molar-refractivity contribution in [2.24, 2.45) is 0 Å². The van der Waals surface area contributed by atoms with Crippen LogP contribution in [0.4, 0.5) is 0 Å². The van der Waals surface area contributed by atoms with E-state index in [1.807, 2.05) is 13.0 Å². The zero-order chi connectivity index (χ0) is 13.0. The van der Waals surface area contributed by atoms with E-state index >= 15 is 0 Å². The Morgan fingerprint density at radius 1 is 1.39 bits per heavy atom. The molecule has 2 heterocycles. The standard InChI is InChI=1S/C12H11N3O2S/c1-2-8-6-10(15-7-14-8)18-11-9(12(16)17)4-3-5-13-11/h3-7H,2H2,1H3,(H,16,17). The molecule has 0 atom stereocenters. The van der Waals surface area contributed by atoms with Crippen molar-refractivity contribution in [3.8, 4) is 0 Å². The quantitative estimate of drug-likeness (QED) is 0.851. The van der Waals surface area contributed by atoms with Gasteiger partial charge in [0.25, 0.3) is 0 Å². The van der Waals surface area contributed by atoms with Gasteiger partial charge in [0.1, 0.15) is 16.4 Å². The molecule has 0 aliphatic rings. The first-order valence-corrected chi connectivity index (χ1v) is 6.19. The first kappa shape index (κ1) is 12.5. The summed E-state index contributed by atoms with van der Waals surface area (Å²) in [4.78, 5) is 23.3. The molecular formula is C12H11N3O2S. The molecule has 18 heavy (non-hydrogen) atoms. The first-order valence-electron chi connectivity index (χ1n) is 5.37. The van der Waals surface area contributed by atoms with Crippen molar-refractivity contribution in [3.63, 3.8) is 0 Å². The molecule has 5 nitrogen and oxygen atoms in total. The summed E-state index contributed by atoms with van der Waals surface area (Å²) >= 11 is 1.23. The summed E-state index contributed by atoms with van der Waals surface area (Å²) in [6, 6.07) is 4.97. The van der Waals surface area contributed by atoms with Gasteiger partial charge in [-0.1, -0.05) is 6.92 Å². The SMILES string of the molecule is CCc1cc(Sc2ncccc2C(=O)O)ncn1. The van der Waals surface area contributed by atoms with Crippen LogP contribution in [0, 0.1) is 0 Å². The molecule has 0 bridgehead atoms. The molecule has 2 aromatic heterocycles. The largest absolute Gasteiger partial charge is 0.478 e. The Morgan fingerprint density at radius 3 is 2.94 bits per heavy atom. The second-order valence-electron chi connectivity index (χ2n) is 3.46. The molecule has 0 aromatic carbocycles. The second kappa shape index (κ2) is 5.59. The summed E-state index contributed by atoms with van der Waals surface area (Å²) < 4.78 is 0. The molecule has 0 saturated heterocycles. The highest BCUT2D eigenvalue weighted by atomic mass is 32.2. The number of carbonyl (C=O) groups is 1. The molecule has 0 saturated carbocycles. The number of rotatable bonds is 4. The third-order valence-corrected chi connectivity index (χ3v) is 3.21. The van der Waals surface area contributed by atoms with Crippen LogP contribution in [0.1, 0.15) is 23.0 Å². The van der Waals surface area contributed by atoms with Crippen LogP contribution in [0.25, 0.3) is 0 Å². The summed E-state index contributed by atoms with van der Waals surface area (Å²) in [5, 5.41) is 10.2. The van der Waals surface area contributed by atoms with Gasteiger partial charge < -0.3 is 5.11 Å². The van der Waals surface area contributed by atoms with E-state index in [0.29, 0.717) is 10.1 Å². The molecule has 0 spiro atoms. The molecule has 0 radical (unpaired) electrons. The van der Waals surface area contributed by atoms with Gasteiger partial charge in [0.15, 0.2) is 0 Å². The van der Waals surface area contributed by atoms with Crippen LogP contribution in [0.5, 0.6) is 0 Å². The van der Waals surface area contributed by atoms with Crippen LogP contribution in [-0.4, -0.2) is 26.0 Å². The Kier molecular flexibility index (Phi) is 3.88. The van der Waals surface area contributed by atoms with Crippen LogP contribution in [-0.2, 0) is 6.42 Å². The minimum absolute atomic E-state index is 0.180. The lowest BCUT2D eigenvalue weighted by Crippen LogP contribution is -2.00. The van der Waals surface area contributed by atoms with E-state index in [0.717, 1.165) is 12.1 Å². The van der Waals surface area contributed by atoms with Crippen LogP contribution in [0.3, 0.4) is 0 Å². The zero-order valence-electron chi connectivity index (χ0n) is 9.70. The van der Waals surface area contributed by atoms with E-state index in [4.69, 9.17) is 5.11 Å². The molecule has 2 aromatic rings. The summed E-state index contributed by atoms with van der Waals surface area (Å²) in [6.07, 6.45) is 3.85. The van der Waals surface area contributed by atoms with Gasteiger partial charge in [0.2, 0.25) is 0 Å². The lowest BCUT2D eigenvalue weighted by Gasteiger charge is -2.04. The van der Waals surface area contributed by atoms with Gasteiger partial charge in [-0.3, -0.25) is 0 Å². The van der Waals surface area contributed by atoms with E-state index in [1.54, 1.807) is 12.3 Å². The van der Waals surface area contributed by atoms with Crippen molar-refractivity contribution in [1.29, 1.82) is 0 Å². The van der Waals surface area contributed by atoms with Crippen LogP contribution < -0.4 is 0 Å². The maximum atomic E-state index is 11.0. The minimum Gasteiger partial charge on any atom is -0.478 e. The van der Waals surface area contributed by atoms with Gasteiger partial charge in [-0.15, -0.1) is 0 Å². The van der Waals surface area contributed by atoms with Gasteiger partial charge in [0.05, 0.1) is 5.56 Å². The third-order valence-electron chi connectivity index (χ3n) is 2.26. The second-order valence-corrected chi connectivity index (χ2v) is 4.47. The molecule has 0 fully saturated rings. The molecule has 0 aliphatic carbocycles. The summed E-state index contributed by atoms with van der Waals surface area (Å²) in [5.41, 5.74) is 1.10. The Hall–Kier alpha value is -1.95.